The van der Waals surface area contributed by atoms with E-state index in [9.17, 15) is 24.9 Å². The van der Waals surface area contributed by atoms with Crippen molar-refractivity contribution >= 4 is 11.8 Å². The summed E-state index contributed by atoms with van der Waals surface area (Å²) in [4.78, 5) is 26.4. The molecule has 0 saturated heterocycles. The van der Waals surface area contributed by atoms with E-state index in [1.165, 1.54) is 30.9 Å². The number of rotatable bonds is 6. The summed E-state index contributed by atoms with van der Waals surface area (Å²) in [6, 6.07) is 4.81. The Kier molecular flexibility index (Phi) is 9.82. The van der Waals surface area contributed by atoms with Gasteiger partial charge in [-0.2, -0.15) is 0 Å². The van der Waals surface area contributed by atoms with Crippen LogP contribution in [0.2, 0.25) is 0 Å². The highest BCUT2D eigenvalue weighted by Gasteiger charge is 2.70. The number of phenols is 2. The normalized spacial score (nSPS) is 41.4. The smallest absolute Gasteiger partial charge is 0.309 e. The molecule has 5 aliphatic rings. The zero-order valence-corrected chi connectivity index (χ0v) is 31.1. The number of allylic oxidation sites excluding steroid dienone is 2. The summed E-state index contributed by atoms with van der Waals surface area (Å²) in [6.07, 6.45) is 15.6. The molecule has 1 aromatic carbocycles. The Balaban J connectivity index is 0.000000271. The number of phenolic OH excluding ortho intramolecular Hbond substituents is 2. The lowest BCUT2D eigenvalue weighted by molar-refractivity contribution is -0.202. The number of hydrogen-bond donors (Lipinski definition) is 4. The summed E-state index contributed by atoms with van der Waals surface area (Å²) in [5, 5.41) is 39.5. The molecule has 9 unspecified atom stereocenters. The molecule has 6 heteroatoms. The van der Waals surface area contributed by atoms with Crippen LogP contribution in [0.5, 0.6) is 11.5 Å². The Morgan fingerprint density at radius 3 is 2.21 bits per heavy atom. The van der Waals surface area contributed by atoms with Crippen LogP contribution in [-0.2, 0) is 16.0 Å². The van der Waals surface area contributed by atoms with Gasteiger partial charge in [-0.15, -0.1) is 0 Å². The Morgan fingerprint density at radius 1 is 0.875 bits per heavy atom. The first kappa shape index (κ1) is 36.9. The van der Waals surface area contributed by atoms with E-state index >= 15 is 0 Å². The van der Waals surface area contributed by atoms with Crippen molar-refractivity contribution in [1.29, 1.82) is 0 Å². The largest absolute Gasteiger partial charge is 0.508 e. The molecule has 6 rings (SSSR count). The SMILES string of the molecule is CC1(C(=O)O)CCC2(C)CCC3(C)C(=CC(=O)C4C5(C)CCC(O)C(C)(C)C5CCC43C)C2C1.CCCCCCc1ccc(O)cc1O. The zero-order chi connectivity index (χ0) is 35.5. The molecule has 268 valence electrons. The van der Waals surface area contributed by atoms with Crippen LogP contribution < -0.4 is 0 Å². The third-order valence-corrected chi connectivity index (χ3v) is 15.4. The van der Waals surface area contributed by atoms with E-state index in [1.54, 1.807) is 12.1 Å². The lowest BCUT2D eigenvalue weighted by atomic mass is 9.33. The average Bonchev–Trinajstić information content (AvgIpc) is 3.00. The fourth-order valence-corrected chi connectivity index (χ4v) is 11.9. The number of hydrogen-bond acceptors (Lipinski definition) is 5. The van der Waals surface area contributed by atoms with Crippen LogP contribution in [0.3, 0.4) is 0 Å². The van der Waals surface area contributed by atoms with Crippen molar-refractivity contribution in [3.8, 4) is 11.5 Å². The number of aliphatic hydroxyl groups excluding tert-OH is 1. The molecule has 4 saturated carbocycles. The molecule has 1 aromatic rings. The molecule has 0 aromatic heterocycles. The Labute approximate surface area is 289 Å². The van der Waals surface area contributed by atoms with Crippen LogP contribution in [0, 0.1) is 50.2 Å². The molecule has 0 spiro atoms. The van der Waals surface area contributed by atoms with Gasteiger partial charge in [0, 0.05) is 12.0 Å². The predicted molar refractivity (Wildman–Crippen MR) is 191 cm³/mol. The molecule has 6 nitrogen and oxygen atoms in total. The van der Waals surface area contributed by atoms with Crippen molar-refractivity contribution in [2.45, 2.75) is 151 Å². The monoisotopic (exact) mass is 664 g/mol. The molecule has 48 heavy (non-hydrogen) atoms. The molecular weight excluding hydrogens is 600 g/mol. The molecule has 4 fully saturated rings. The number of aliphatic carboxylic acids is 1. The molecule has 0 bridgehead atoms. The van der Waals surface area contributed by atoms with Crippen LogP contribution in [-0.4, -0.2) is 38.3 Å². The lowest BCUT2D eigenvalue weighted by Crippen LogP contribution is -2.66. The third-order valence-electron chi connectivity index (χ3n) is 15.4. The average molecular weight is 665 g/mol. The number of aryl methyl sites for hydroxylation is 1. The number of aromatic hydroxyl groups is 2. The summed E-state index contributed by atoms with van der Waals surface area (Å²) in [5.74, 6) is 0.395. The van der Waals surface area contributed by atoms with E-state index in [0.717, 1.165) is 69.8 Å². The highest BCUT2D eigenvalue weighted by molar-refractivity contribution is 5.95. The van der Waals surface area contributed by atoms with E-state index in [-0.39, 0.29) is 62.3 Å². The molecule has 0 heterocycles. The summed E-state index contributed by atoms with van der Waals surface area (Å²) in [5.41, 5.74) is 1.07. The van der Waals surface area contributed by atoms with Gasteiger partial charge in [-0.05, 0) is 134 Å². The van der Waals surface area contributed by atoms with Gasteiger partial charge in [0.25, 0.3) is 0 Å². The second-order valence-electron chi connectivity index (χ2n) is 18.6. The summed E-state index contributed by atoms with van der Waals surface area (Å²) >= 11 is 0. The summed E-state index contributed by atoms with van der Waals surface area (Å²) < 4.78 is 0. The molecule has 0 radical (unpaired) electrons. The van der Waals surface area contributed by atoms with Gasteiger partial charge in [-0.25, -0.2) is 0 Å². The standard InChI is InChI=1S/C30H46O4.C12H18O2/c1-25(2)21-8-11-30(7)23(28(21,5)10-9-22(25)32)20(31)16-18-19-17-27(4,24(33)34)13-12-26(19,3)14-15-29(18,30)6;1-2-3-4-5-6-10-7-8-11(13)9-12(10)14/h16,19,21-23,32H,8-15,17H2,1-7H3,(H,33,34);7-9,13-14H,2-6H2,1H3. The topological polar surface area (TPSA) is 115 Å². The molecule has 0 amide bonds. The minimum Gasteiger partial charge on any atom is -0.508 e. The number of aliphatic hydroxyl groups is 1. The van der Waals surface area contributed by atoms with Gasteiger partial charge >= 0.3 is 5.97 Å². The van der Waals surface area contributed by atoms with E-state index < -0.39 is 11.4 Å². The van der Waals surface area contributed by atoms with Gasteiger partial charge in [-0.3, -0.25) is 9.59 Å². The van der Waals surface area contributed by atoms with Gasteiger partial charge in [-0.1, -0.05) is 79.4 Å². The van der Waals surface area contributed by atoms with Gasteiger partial charge in [0.15, 0.2) is 5.78 Å². The van der Waals surface area contributed by atoms with Gasteiger partial charge in [0.1, 0.15) is 11.5 Å². The van der Waals surface area contributed by atoms with E-state index in [4.69, 9.17) is 5.11 Å². The number of benzene rings is 1. The highest BCUT2D eigenvalue weighted by Crippen LogP contribution is 2.75. The second-order valence-corrected chi connectivity index (χ2v) is 18.6. The Hall–Kier alpha value is -2.34. The second kappa shape index (κ2) is 12.8. The van der Waals surface area contributed by atoms with Crippen molar-refractivity contribution in [2.24, 2.45) is 50.2 Å². The molecule has 4 N–H and O–H groups in total. The first-order valence-corrected chi connectivity index (χ1v) is 19.0. The number of ketones is 1. The van der Waals surface area contributed by atoms with Crippen LogP contribution in [0.25, 0.3) is 0 Å². The van der Waals surface area contributed by atoms with Gasteiger partial charge in [0.05, 0.1) is 11.5 Å². The molecule has 0 aliphatic heterocycles. The summed E-state index contributed by atoms with van der Waals surface area (Å²) in [6.45, 7) is 18.0. The first-order chi connectivity index (χ1) is 22.3. The van der Waals surface area contributed by atoms with Crippen molar-refractivity contribution in [3.63, 3.8) is 0 Å². The van der Waals surface area contributed by atoms with Crippen LogP contribution in [0.1, 0.15) is 144 Å². The predicted octanol–water partition coefficient (Wildman–Crippen LogP) is 9.63. The van der Waals surface area contributed by atoms with Crippen LogP contribution in [0.15, 0.2) is 29.8 Å². The number of carboxylic acids is 1. The number of carboxylic acid groups (broad SMARTS) is 1. The van der Waals surface area contributed by atoms with E-state index in [2.05, 4.69) is 48.5 Å². The minimum atomic E-state index is -0.711. The first-order valence-electron chi connectivity index (χ1n) is 19.0. The van der Waals surface area contributed by atoms with Crippen molar-refractivity contribution in [2.75, 3.05) is 0 Å². The Morgan fingerprint density at radius 2 is 1.56 bits per heavy atom. The van der Waals surface area contributed by atoms with Crippen molar-refractivity contribution in [1.82, 2.24) is 0 Å². The van der Waals surface area contributed by atoms with Crippen molar-refractivity contribution in [3.05, 3.63) is 35.4 Å². The van der Waals surface area contributed by atoms with Crippen molar-refractivity contribution < 1.29 is 30.0 Å². The van der Waals surface area contributed by atoms with Gasteiger partial charge in [0.2, 0.25) is 0 Å². The fraction of sp³-hybridized carbons (Fsp3) is 0.762. The fourth-order valence-electron chi connectivity index (χ4n) is 11.9. The number of unbranched alkanes of at least 4 members (excludes halogenated alkanes) is 3. The minimum absolute atomic E-state index is 0.0296. The Bertz CT molecular complexity index is 1430. The highest BCUT2D eigenvalue weighted by atomic mass is 16.4. The summed E-state index contributed by atoms with van der Waals surface area (Å²) in [7, 11) is 0. The number of carbonyl (C=O) groups excluding carboxylic acids is 1. The maximum absolute atomic E-state index is 14.2. The van der Waals surface area contributed by atoms with E-state index in [1.807, 2.05) is 13.0 Å². The van der Waals surface area contributed by atoms with E-state index in [0.29, 0.717) is 12.3 Å². The number of carbonyl (C=O) groups is 2. The lowest BCUT2D eigenvalue weighted by Gasteiger charge is -2.70. The van der Waals surface area contributed by atoms with Gasteiger partial charge < -0.3 is 20.4 Å². The quantitative estimate of drug-likeness (QED) is 0.225. The molecular formula is C42H64O6. The molecule has 9 atom stereocenters. The van der Waals surface area contributed by atoms with Crippen LogP contribution in [0.4, 0.5) is 0 Å². The molecule has 5 aliphatic carbocycles. The third kappa shape index (κ3) is 5.84. The van der Waals surface area contributed by atoms with Crippen LogP contribution >= 0.6 is 0 Å². The zero-order valence-electron chi connectivity index (χ0n) is 31.1. The number of fused-ring (bicyclic) bond motifs is 7. The maximum Gasteiger partial charge on any atom is 0.309 e. The maximum atomic E-state index is 14.2.